The number of ether oxygens (including phenoxy) is 1. The summed E-state index contributed by atoms with van der Waals surface area (Å²) in [6.07, 6.45) is 20.8. The molecule has 11 rings (SSSR count). The zero-order valence-corrected chi connectivity index (χ0v) is 39.3. The molecule has 2 aliphatic heterocycles. The number of hydrogen-bond donors (Lipinski definition) is 1. The van der Waals surface area contributed by atoms with Gasteiger partial charge in [-0.15, -0.1) is 0 Å². The molecule has 0 aromatic carbocycles. The van der Waals surface area contributed by atoms with E-state index in [1.165, 1.54) is 0 Å². The predicted molar refractivity (Wildman–Crippen MR) is 269 cm³/mol. The maximum absolute atomic E-state index is 12.9. The van der Waals surface area contributed by atoms with E-state index in [4.69, 9.17) is 34.6 Å². The Labute approximate surface area is 404 Å². The van der Waals surface area contributed by atoms with E-state index < -0.39 is 5.60 Å². The fourth-order valence-corrected chi connectivity index (χ4v) is 8.69. The Kier molecular flexibility index (Phi) is 11.6. The van der Waals surface area contributed by atoms with Gasteiger partial charge in [0, 0.05) is 93.8 Å². The van der Waals surface area contributed by atoms with Crippen molar-refractivity contribution in [1.29, 1.82) is 0 Å². The monoisotopic (exact) mass is 930 g/mol. The summed E-state index contributed by atoms with van der Waals surface area (Å²) in [6.45, 7) is 10.5. The van der Waals surface area contributed by atoms with Crippen LogP contribution in [0.4, 0.5) is 39.7 Å². The summed E-state index contributed by atoms with van der Waals surface area (Å²) in [7, 11) is 2.15. The zero-order valence-electron chi connectivity index (χ0n) is 39.3. The molecule has 1 amide bonds. The molecule has 0 saturated carbocycles. The average molecular weight is 931 g/mol. The molecule has 0 bridgehead atoms. The molecule has 0 atom stereocenters. The van der Waals surface area contributed by atoms with Gasteiger partial charge in [0.2, 0.25) is 11.9 Å². The molecule has 70 heavy (non-hydrogen) atoms. The fourth-order valence-electron chi connectivity index (χ4n) is 8.69. The molecule has 1 saturated heterocycles. The van der Waals surface area contributed by atoms with Gasteiger partial charge in [0.1, 0.15) is 22.9 Å². The average Bonchev–Trinajstić information content (AvgIpc) is 4.03. The smallest absolute Gasteiger partial charge is 0.410 e. The number of piperazine rings is 1. The van der Waals surface area contributed by atoms with Crippen LogP contribution < -0.4 is 15.1 Å². The first-order valence-corrected chi connectivity index (χ1v) is 23.2. The minimum absolute atomic E-state index is 0.323. The highest BCUT2D eigenvalue weighted by Crippen LogP contribution is 2.39. The second-order valence-corrected chi connectivity index (χ2v) is 18.2. The first kappa shape index (κ1) is 43.9. The summed E-state index contributed by atoms with van der Waals surface area (Å²) >= 11 is 0. The van der Waals surface area contributed by atoms with Gasteiger partial charge < -0.3 is 24.8 Å². The number of nitrogens with zero attached hydrogens (tertiary/aromatic N) is 15. The van der Waals surface area contributed by atoms with Crippen LogP contribution in [-0.2, 0) is 4.74 Å². The predicted octanol–water partition coefficient (Wildman–Crippen LogP) is 8.74. The largest absolute Gasteiger partial charge is 0.444 e. The van der Waals surface area contributed by atoms with Crippen LogP contribution >= 0.6 is 0 Å². The van der Waals surface area contributed by atoms with Crippen molar-refractivity contribution in [3.05, 3.63) is 146 Å². The molecule has 9 aromatic rings. The van der Waals surface area contributed by atoms with Gasteiger partial charge in [0.25, 0.3) is 0 Å². The number of fused-ring (bicyclic) bond motifs is 2. The summed E-state index contributed by atoms with van der Waals surface area (Å²) in [4.78, 5) is 64.8. The molecule has 0 spiro atoms. The molecule has 2 aliphatic rings. The second kappa shape index (κ2) is 18.5. The van der Waals surface area contributed by atoms with Gasteiger partial charge in [-0.25, -0.2) is 44.7 Å². The number of carbonyl (C=O) groups is 1. The van der Waals surface area contributed by atoms with Gasteiger partial charge in [-0.1, -0.05) is 18.2 Å². The Morgan fingerprint density at radius 3 is 2.30 bits per heavy atom. The van der Waals surface area contributed by atoms with E-state index in [2.05, 4.69) is 55.3 Å². The lowest BCUT2D eigenvalue weighted by Gasteiger charge is -2.33. The third-order valence-corrected chi connectivity index (χ3v) is 12.3. The standard InChI is InChI=1S/C52H50N16O2/c1-52(2,3)70-51(69)65-22-16-35(17-23-65)37-10-13-47(57-30-37)68(50-55-20-15-41(61-50)43-32-58-46-9-5-6-21-66(43)46)42-28-38(36-8-7-18-53-29-36)34-67-44(33-59-48(42)67)40-14-19-54-49(60-40)62-45-12-11-39(31-56-45)64-26-24-63(4)25-27-64/h5-16,18-21,28-34H,17,22-27H2,1-4H3,(H,54,56,60,62). The van der Waals surface area contributed by atoms with Crippen LogP contribution in [0.3, 0.4) is 0 Å². The highest BCUT2D eigenvalue weighted by molar-refractivity contribution is 5.87. The quantitative estimate of drug-likeness (QED) is 0.138. The lowest BCUT2D eigenvalue weighted by atomic mass is 10.0. The van der Waals surface area contributed by atoms with Crippen LogP contribution in [0.2, 0.25) is 0 Å². The first-order chi connectivity index (χ1) is 34.1. The molecule has 11 heterocycles. The molecule has 18 heteroatoms. The third-order valence-electron chi connectivity index (χ3n) is 12.3. The molecule has 9 aromatic heterocycles. The van der Waals surface area contributed by atoms with Gasteiger partial charge in [0.15, 0.2) is 5.65 Å². The van der Waals surface area contributed by atoms with Crippen LogP contribution in [-0.4, -0.2) is 121 Å². The van der Waals surface area contributed by atoms with Gasteiger partial charge >= 0.3 is 6.09 Å². The highest BCUT2D eigenvalue weighted by atomic mass is 16.6. The summed E-state index contributed by atoms with van der Waals surface area (Å²) in [5, 5.41) is 3.31. The Bertz CT molecular complexity index is 3360. The third kappa shape index (κ3) is 9.06. The van der Waals surface area contributed by atoms with Gasteiger partial charge in [0.05, 0.1) is 52.7 Å². The first-order valence-electron chi connectivity index (χ1n) is 23.2. The summed E-state index contributed by atoms with van der Waals surface area (Å²) in [6, 6.07) is 23.6. The van der Waals surface area contributed by atoms with Crippen LogP contribution in [0.15, 0.2) is 141 Å². The van der Waals surface area contributed by atoms with Gasteiger partial charge in [-0.05, 0) is 106 Å². The number of aromatic nitrogens is 11. The molecular weight excluding hydrogens is 881 g/mol. The normalized spacial score (nSPS) is 14.5. The summed E-state index contributed by atoms with van der Waals surface area (Å²) < 4.78 is 9.66. The van der Waals surface area contributed by atoms with Crippen molar-refractivity contribution in [3.8, 4) is 33.9 Å². The molecular formula is C52H50N16O2. The van der Waals surface area contributed by atoms with Crippen molar-refractivity contribution in [3.63, 3.8) is 0 Å². The van der Waals surface area contributed by atoms with Crippen molar-refractivity contribution < 1.29 is 9.53 Å². The van der Waals surface area contributed by atoms with Gasteiger partial charge in [-0.3, -0.25) is 18.7 Å². The fraction of sp³-hybridized carbons (Fsp3) is 0.231. The van der Waals surface area contributed by atoms with Crippen LogP contribution in [0.25, 0.3) is 50.8 Å². The number of carbonyl (C=O) groups excluding carboxylic acids is 1. The molecule has 0 unspecified atom stereocenters. The van der Waals surface area contributed by atoms with E-state index in [9.17, 15) is 4.79 Å². The lowest BCUT2D eigenvalue weighted by Crippen LogP contribution is -2.44. The number of rotatable bonds is 10. The second-order valence-electron chi connectivity index (χ2n) is 18.2. The number of hydrogen-bond acceptors (Lipinski definition) is 15. The molecule has 18 nitrogen and oxygen atoms in total. The van der Waals surface area contributed by atoms with Crippen molar-refractivity contribution in [2.24, 2.45) is 0 Å². The van der Waals surface area contributed by atoms with E-state index >= 15 is 0 Å². The molecule has 1 N–H and O–H groups in total. The van der Waals surface area contributed by atoms with E-state index in [1.807, 2.05) is 139 Å². The van der Waals surface area contributed by atoms with Gasteiger partial charge in [-0.2, -0.15) is 0 Å². The van der Waals surface area contributed by atoms with Crippen molar-refractivity contribution in [2.45, 2.75) is 32.8 Å². The molecule has 1 fully saturated rings. The summed E-state index contributed by atoms with van der Waals surface area (Å²) in [5.41, 5.74) is 9.17. The lowest BCUT2D eigenvalue weighted by molar-refractivity contribution is 0.0270. The summed E-state index contributed by atoms with van der Waals surface area (Å²) in [5.74, 6) is 1.95. The number of likely N-dealkylation sites (N-methyl/N-ethyl adjacent to an activating group) is 1. The Morgan fingerprint density at radius 2 is 1.54 bits per heavy atom. The Morgan fingerprint density at radius 1 is 0.714 bits per heavy atom. The van der Waals surface area contributed by atoms with E-state index in [0.717, 1.165) is 71.2 Å². The van der Waals surface area contributed by atoms with Crippen LogP contribution in [0, 0.1) is 0 Å². The van der Waals surface area contributed by atoms with E-state index in [1.54, 1.807) is 23.5 Å². The molecule has 350 valence electrons. The van der Waals surface area contributed by atoms with E-state index in [0.29, 0.717) is 65.8 Å². The zero-order chi connectivity index (χ0) is 47.8. The van der Waals surface area contributed by atoms with E-state index in [-0.39, 0.29) is 6.09 Å². The van der Waals surface area contributed by atoms with Crippen LogP contribution in [0.5, 0.6) is 0 Å². The number of amides is 1. The maximum Gasteiger partial charge on any atom is 0.410 e. The Balaban J connectivity index is 0.989. The number of imidazole rings is 2. The van der Waals surface area contributed by atoms with Crippen LogP contribution in [0.1, 0.15) is 32.8 Å². The van der Waals surface area contributed by atoms with Crippen molar-refractivity contribution in [2.75, 3.05) is 61.4 Å². The van der Waals surface area contributed by atoms with Crippen molar-refractivity contribution in [1.82, 2.24) is 63.5 Å². The minimum Gasteiger partial charge on any atom is -0.444 e. The maximum atomic E-state index is 12.9. The molecule has 0 aliphatic carbocycles. The SMILES string of the molecule is CN1CCN(c2ccc(Nc3nccc(-c4cnc5c(N(c6ccc(C7=CCN(C(=O)OC(C)(C)C)CC7)cn6)c6nccc(-c7cnc8ccccn78)n6)cc(-c6cccnc6)cn45)n3)nc2)CC1. The minimum atomic E-state index is -0.572. The Hall–Kier alpha value is -8.64. The van der Waals surface area contributed by atoms with Crippen molar-refractivity contribution >= 4 is 57.9 Å². The number of nitrogens with one attached hydrogen (secondary N) is 1. The number of anilines is 6. The highest BCUT2D eigenvalue weighted by Gasteiger charge is 2.27. The number of pyridine rings is 5. The topological polar surface area (TPSA) is 176 Å². The molecule has 0 radical (unpaired) electrons.